The lowest BCUT2D eigenvalue weighted by Gasteiger charge is -1.97. The lowest BCUT2D eigenvalue weighted by Crippen LogP contribution is -2.21. The number of hydrogen-bond acceptors (Lipinski definition) is 2. The fraction of sp³-hybridized carbons (Fsp3) is 0.0909. The first-order chi connectivity index (χ1) is 6.74. The molecule has 0 aliphatic rings. The molecule has 1 aromatic rings. The van der Waals surface area contributed by atoms with Crippen molar-refractivity contribution in [1.82, 2.24) is 0 Å². The van der Waals surface area contributed by atoms with Crippen molar-refractivity contribution in [3.63, 3.8) is 0 Å². The maximum Gasteiger partial charge on any atom is 0.153 e. The van der Waals surface area contributed by atoms with E-state index < -0.39 is 0 Å². The van der Waals surface area contributed by atoms with E-state index in [2.05, 4.69) is 10.9 Å². The molecule has 0 aliphatic carbocycles. The molecule has 0 spiro atoms. The van der Waals surface area contributed by atoms with Crippen LogP contribution in [0.3, 0.4) is 0 Å². The van der Waals surface area contributed by atoms with Crippen molar-refractivity contribution < 1.29 is 0 Å². The third-order valence-corrected chi connectivity index (χ3v) is 1.68. The Morgan fingerprint density at radius 1 is 1.43 bits per heavy atom. The van der Waals surface area contributed by atoms with E-state index in [1.807, 2.05) is 30.3 Å². The molecule has 0 bridgehead atoms. The molecule has 0 saturated carbocycles. The second-order valence-electron chi connectivity index (χ2n) is 2.71. The van der Waals surface area contributed by atoms with Crippen molar-refractivity contribution in [1.29, 1.82) is 5.41 Å². The van der Waals surface area contributed by atoms with Gasteiger partial charge in [-0.2, -0.15) is 0 Å². The van der Waals surface area contributed by atoms with Crippen molar-refractivity contribution in [2.45, 2.75) is 6.54 Å². The molecule has 0 amide bonds. The van der Waals surface area contributed by atoms with E-state index in [9.17, 15) is 0 Å². The molecule has 0 radical (unpaired) electrons. The van der Waals surface area contributed by atoms with Crippen LogP contribution in [0.25, 0.3) is 0 Å². The lowest BCUT2D eigenvalue weighted by molar-refractivity contribution is 1.07. The molecular formula is C11H11N3. The summed E-state index contributed by atoms with van der Waals surface area (Å²) in [5, 5.41) is 7.22. The first-order valence-electron chi connectivity index (χ1n) is 4.13. The number of nitrogens with two attached hydrogens (primary N) is 1. The summed E-state index contributed by atoms with van der Waals surface area (Å²) in [5.74, 6) is 2.24. The zero-order valence-electron chi connectivity index (χ0n) is 7.70. The van der Waals surface area contributed by atoms with Gasteiger partial charge in [0.05, 0.1) is 6.54 Å². The van der Waals surface area contributed by atoms with Crippen molar-refractivity contribution in [2.75, 3.05) is 0 Å². The highest BCUT2D eigenvalue weighted by Crippen LogP contribution is 1.99. The average molecular weight is 185 g/mol. The predicted molar refractivity (Wildman–Crippen MR) is 58.3 cm³/mol. The first kappa shape index (κ1) is 10.0. The monoisotopic (exact) mass is 185 g/mol. The predicted octanol–water partition coefficient (Wildman–Crippen LogP) is 1.20. The maximum atomic E-state index is 7.22. The normalized spacial score (nSPS) is 10.6. The van der Waals surface area contributed by atoms with Gasteiger partial charge >= 0.3 is 0 Å². The molecule has 3 heteroatoms. The fourth-order valence-electron chi connectivity index (χ4n) is 0.913. The van der Waals surface area contributed by atoms with Crippen LogP contribution in [-0.2, 0) is 6.54 Å². The van der Waals surface area contributed by atoms with Gasteiger partial charge in [-0.1, -0.05) is 30.3 Å². The van der Waals surface area contributed by atoms with Crippen molar-refractivity contribution in [2.24, 2.45) is 10.7 Å². The van der Waals surface area contributed by atoms with Gasteiger partial charge < -0.3 is 5.73 Å². The largest absolute Gasteiger partial charge is 0.382 e. The van der Waals surface area contributed by atoms with Crippen molar-refractivity contribution in [3.8, 4) is 12.3 Å². The smallest absolute Gasteiger partial charge is 0.153 e. The summed E-state index contributed by atoms with van der Waals surface area (Å²) in [6.45, 7) is 0.455. The Morgan fingerprint density at radius 2 is 2.07 bits per heavy atom. The van der Waals surface area contributed by atoms with Crippen LogP contribution < -0.4 is 5.73 Å². The van der Waals surface area contributed by atoms with Gasteiger partial charge in [0.1, 0.15) is 5.71 Å². The van der Waals surface area contributed by atoms with Crippen LogP contribution in [0.5, 0.6) is 0 Å². The van der Waals surface area contributed by atoms with Crippen molar-refractivity contribution in [3.05, 3.63) is 35.9 Å². The van der Waals surface area contributed by atoms with E-state index in [0.717, 1.165) is 5.56 Å². The molecule has 0 fully saturated rings. The van der Waals surface area contributed by atoms with Gasteiger partial charge in [-0.3, -0.25) is 10.4 Å². The first-order valence-corrected chi connectivity index (χ1v) is 4.13. The van der Waals surface area contributed by atoms with Crippen LogP contribution in [0.15, 0.2) is 35.3 Å². The Labute approximate surface area is 83.2 Å². The minimum atomic E-state index is -0.0686. The van der Waals surface area contributed by atoms with Gasteiger partial charge in [0.15, 0.2) is 5.84 Å². The zero-order valence-corrected chi connectivity index (χ0v) is 7.70. The Kier molecular flexibility index (Phi) is 3.45. The molecular weight excluding hydrogens is 174 g/mol. The number of amidine groups is 1. The van der Waals surface area contributed by atoms with Crippen LogP contribution >= 0.6 is 0 Å². The quantitative estimate of drug-likeness (QED) is 0.415. The standard InChI is InChI=1S/C11H11N3/c1-2-10(12)11(13)14-8-9-6-4-3-5-7-9/h1,3-7,12H,8H2,(H2,13,14). The number of benzene rings is 1. The zero-order chi connectivity index (χ0) is 10.4. The number of nitrogens with zero attached hydrogens (tertiary/aromatic N) is 1. The van der Waals surface area contributed by atoms with Gasteiger partial charge in [-0.15, -0.1) is 6.42 Å². The van der Waals surface area contributed by atoms with Crippen LogP contribution in [0.4, 0.5) is 0 Å². The van der Waals surface area contributed by atoms with Crippen LogP contribution in [0, 0.1) is 17.8 Å². The highest BCUT2D eigenvalue weighted by atomic mass is 14.9. The topological polar surface area (TPSA) is 62.2 Å². The number of hydrogen-bond donors (Lipinski definition) is 2. The minimum Gasteiger partial charge on any atom is -0.382 e. The number of nitrogens with one attached hydrogen (secondary N) is 1. The second kappa shape index (κ2) is 4.83. The summed E-state index contributed by atoms with van der Waals surface area (Å²) in [4.78, 5) is 3.99. The SMILES string of the molecule is C#CC(=N)C(N)=NCc1ccccc1. The molecule has 0 heterocycles. The van der Waals surface area contributed by atoms with Gasteiger partial charge in [-0.25, -0.2) is 0 Å². The van der Waals surface area contributed by atoms with Crippen LogP contribution in [0.1, 0.15) is 5.56 Å². The van der Waals surface area contributed by atoms with Crippen LogP contribution in [-0.4, -0.2) is 11.5 Å². The van der Waals surface area contributed by atoms with E-state index in [1.165, 1.54) is 0 Å². The molecule has 1 aromatic carbocycles. The van der Waals surface area contributed by atoms with Crippen molar-refractivity contribution >= 4 is 11.5 Å². The summed E-state index contributed by atoms with van der Waals surface area (Å²) >= 11 is 0. The summed E-state index contributed by atoms with van der Waals surface area (Å²) in [7, 11) is 0. The summed E-state index contributed by atoms with van der Waals surface area (Å²) < 4.78 is 0. The molecule has 0 aromatic heterocycles. The molecule has 1 rings (SSSR count). The maximum absolute atomic E-state index is 7.22. The van der Waals surface area contributed by atoms with Gasteiger partial charge in [0.25, 0.3) is 0 Å². The van der Waals surface area contributed by atoms with E-state index >= 15 is 0 Å². The molecule has 14 heavy (non-hydrogen) atoms. The average Bonchev–Trinajstić information content (AvgIpc) is 2.26. The number of aliphatic imine (C=N–C) groups is 1. The molecule has 0 aliphatic heterocycles. The highest BCUT2D eigenvalue weighted by Gasteiger charge is 1.96. The van der Waals surface area contributed by atoms with Gasteiger partial charge in [0.2, 0.25) is 0 Å². The second-order valence-corrected chi connectivity index (χ2v) is 2.71. The van der Waals surface area contributed by atoms with Gasteiger partial charge in [0, 0.05) is 0 Å². The molecule has 0 saturated heterocycles. The van der Waals surface area contributed by atoms with E-state index in [1.54, 1.807) is 0 Å². The van der Waals surface area contributed by atoms with E-state index in [-0.39, 0.29) is 11.5 Å². The minimum absolute atomic E-state index is 0.0686. The number of terminal acetylenes is 1. The third-order valence-electron chi connectivity index (χ3n) is 1.68. The Hall–Kier alpha value is -2.08. The summed E-state index contributed by atoms with van der Waals surface area (Å²) in [6.07, 6.45) is 5.01. The summed E-state index contributed by atoms with van der Waals surface area (Å²) in [6, 6.07) is 9.66. The van der Waals surface area contributed by atoms with Gasteiger partial charge in [-0.05, 0) is 11.5 Å². The molecule has 3 N–H and O–H groups in total. The lowest BCUT2D eigenvalue weighted by atomic mass is 10.2. The molecule has 3 nitrogen and oxygen atoms in total. The Balaban J connectivity index is 2.65. The number of rotatable bonds is 3. The highest BCUT2D eigenvalue weighted by molar-refractivity contribution is 6.46. The molecule has 0 atom stereocenters. The Bertz CT molecular complexity index is 385. The fourth-order valence-corrected chi connectivity index (χ4v) is 0.913. The molecule has 0 unspecified atom stereocenters. The summed E-state index contributed by atoms with van der Waals surface area (Å²) in [5.41, 5.74) is 6.43. The van der Waals surface area contributed by atoms with Crippen LogP contribution in [0.2, 0.25) is 0 Å². The Morgan fingerprint density at radius 3 is 2.64 bits per heavy atom. The third kappa shape index (κ3) is 2.76. The van der Waals surface area contributed by atoms with E-state index in [4.69, 9.17) is 17.6 Å². The molecule has 70 valence electrons. The van der Waals surface area contributed by atoms with E-state index in [0.29, 0.717) is 6.54 Å².